The first kappa shape index (κ1) is 14.7. The van der Waals surface area contributed by atoms with Crippen molar-refractivity contribution in [2.45, 2.75) is 13.3 Å². The first-order chi connectivity index (χ1) is 10.6. The predicted octanol–water partition coefficient (Wildman–Crippen LogP) is 4.06. The van der Waals surface area contributed by atoms with Gasteiger partial charge in [-0.15, -0.1) is 0 Å². The Morgan fingerprint density at radius 3 is 2.55 bits per heavy atom. The predicted molar refractivity (Wildman–Crippen MR) is 86.2 cm³/mol. The van der Waals surface area contributed by atoms with Gasteiger partial charge in [0.15, 0.2) is 11.5 Å². The van der Waals surface area contributed by atoms with E-state index in [1.54, 1.807) is 18.2 Å². The summed E-state index contributed by atoms with van der Waals surface area (Å²) in [5.41, 5.74) is 2.04. The highest BCUT2D eigenvalue weighted by molar-refractivity contribution is 6.34. The van der Waals surface area contributed by atoms with Crippen molar-refractivity contribution in [2.75, 3.05) is 18.5 Å². The van der Waals surface area contributed by atoms with Gasteiger partial charge in [-0.05, 0) is 18.6 Å². The summed E-state index contributed by atoms with van der Waals surface area (Å²) in [5, 5.41) is 3.25. The van der Waals surface area contributed by atoms with Gasteiger partial charge in [0.2, 0.25) is 0 Å². The second-order valence-electron chi connectivity index (χ2n) is 5.10. The summed E-state index contributed by atoms with van der Waals surface area (Å²) in [6.07, 6.45) is 0.817. The molecule has 0 fully saturated rings. The van der Waals surface area contributed by atoms with E-state index in [0.717, 1.165) is 12.0 Å². The Morgan fingerprint density at radius 2 is 1.82 bits per heavy atom. The zero-order valence-corrected chi connectivity index (χ0v) is 12.9. The molecule has 114 valence electrons. The van der Waals surface area contributed by atoms with Crippen molar-refractivity contribution in [2.24, 2.45) is 0 Å². The van der Waals surface area contributed by atoms with E-state index in [-0.39, 0.29) is 5.91 Å². The van der Waals surface area contributed by atoms with Gasteiger partial charge in [0.1, 0.15) is 0 Å². The molecular formula is C17H16ClNO3. The van der Waals surface area contributed by atoms with Gasteiger partial charge in [-0.25, -0.2) is 0 Å². The molecule has 0 aromatic heterocycles. The number of rotatable bonds is 2. The molecule has 0 saturated carbocycles. The fraction of sp³-hybridized carbons (Fsp3) is 0.235. The van der Waals surface area contributed by atoms with Crippen LogP contribution in [0.5, 0.6) is 11.5 Å². The number of hydrogen-bond donors (Lipinski definition) is 1. The summed E-state index contributed by atoms with van der Waals surface area (Å²) < 4.78 is 11.2. The van der Waals surface area contributed by atoms with Crippen LogP contribution in [0.15, 0.2) is 36.4 Å². The average molecular weight is 318 g/mol. The maximum Gasteiger partial charge on any atom is 0.255 e. The Balaban J connectivity index is 1.88. The minimum atomic E-state index is -0.200. The van der Waals surface area contributed by atoms with Crippen molar-refractivity contribution in [3.05, 3.63) is 52.5 Å². The molecule has 0 spiro atoms. The second kappa shape index (κ2) is 6.28. The highest BCUT2D eigenvalue weighted by Crippen LogP contribution is 2.37. The maximum absolute atomic E-state index is 12.4. The summed E-state index contributed by atoms with van der Waals surface area (Å²) in [6, 6.07) is 10.8. The molecule has 0 atom stereocenters. The number of amides is 1. The molecule has 1 aliphatic rings. The van der Waals surface area contributed by atoms with Crippen LogP contribution in [-0.4, -0.2) is 19.1 Å². The molecule has 0 aliphatic carbocycles. The number of anilines is 1. The smallest absolute Gasteiger partial charge is 0.255 e. The van der Waals surface area contributed by atoms with Gasteiger partial charge >= 0.3 is 0 Å². The van der Waals surface area contributed by atoms with Crippen LogP contribution in [-0.2, 0) is 0 Å². The summed E-state index contributed by atoms with van der Waals surface area (Å²) >= 11 is 6.24. The highest BCUT2D eigenvalue weighted by atomic mass is 35.5. The standard InChI is InChI=1S/C17H16ClNO3/c1-11-5-2-3-6-12(11)17(20)19-14-10-16-15(9-13(14)18)21-7-4-8-22-16/h2-3,5-6,9-10H,4,7-8H2,1H3,(H,19,20). The number of carbonyl (C=O) groups is 1. The molecule has 2 aromatic carbocycles. The number of benzene rings is 2. The lowest BCUT2D eigenvalue weighted by Gasteiger charge is -2.13. The molecule has 4 nitrogen and oxygen atoms in total. The second-order valence-corrected chi connectivity index (χ2v) is 5.51. The number of aryl methyl sites for hydroxylation is 1. The molecule has 0 radical (unpaired) electrons. The van der Waals surface area contributed by atoms with Gasteiger partial charge < -0.3 is 14.8 Å². The van der Waals surface area contributed by atoms with Crippen LogP contribution >= 0.6 is 11.6 Å². The molecule has 2 aromatic rings. The van der Waals surface area contributed by atoms with Crippen LogP contribution in [0.2, 0.25) is 5.02 Å². The van der Waals surface area contributed by atoms with Gasteiger partial charge in [-0.3, -0.25) is 4.79 Å². The lowest BCUT2D eigenvalue weighted by Crippen LogP contribution is -2.13. The van der Waals surface area contributed by atoms with E-state index < -0.39 is 0 Å². The maximum atomic E-state index is 12.4. The fourth-order valence-corrected chi connectivity index (χ4v) is 2.50. The highest BCUT2D eigenvalue weighted by Gasteiger charge is 2.16. The first-order valence-corrected chi connectivity index (χ1v) is 7.49. The molecule has 1 N–H and O–H groups in total. The molecule has 1 heterocycles. The van der Waals surface area contributed by atoms with E-state index >= 15 is 0 Å². The van der Waals surface area contributed by atoms with Gasteiger partial charge in [0.05, 0.1) is 23.9 Å². The van der Waals surface area contributed by atoms with Crippen LogP contribution in [0.4, 0.5) is 5.69 Å². The molecular weight excluding hydrogens is 302 g/mol. The van der Waals surface area contributed by atoms with Gasteiger partial charge in [-0.2, -0.15) is 0 Å². The Labute approximate surface area is 134 Å². The molecule has 0 bridgehead atoms. The number of carbonyl (C=O) groups excluding carboxylic acids is 1. The normalized spacial score (nSPS) is 13.4. The Kier molecular flexibility index (Phi) is 4.20. The number of fused-ring (bicyclic) bond motifs is 1. The molecule has 5 heteroatoms. The summed E-state index contributed by atoms with van der Waals surface area (Å²) in [4.78, 5) is 12.4. The fourth-order valence-electron chi connectivity index (χ4n) is 2.30. The molecule has 0 saturated heterocycles. The number of halogens is 1. The van der Waals surface area contributed by atoms with Crippen LogP contribution < -0.4 is 14.8 Å². The minimum Gasteiger partial charge on any atom is -0.490 e. The Hall–Kier alpha value is -2.20. The van der Waals surface area contributed by atoms with Crippen molar-refractivity contribution in [3.63, 3.8) is 0 Å². The van der Waals surface area contributed by atoms with Crippen LogP contribution in [0.1, 0.15) is 22.3 Å². The number of hydrogen-bond acceptors (Lipinski definition) is 3. The number of nitrogens with one attached hydrogen (secondary N) is 1. The summed E-state index contributed by atoms with van der Waals surface area (Å²) in [6.45, 7) is 3.07. The van der Waals surface area contributed by atoms with E-state index in [2.05, 4.69) is 5.32 Å². The van der Waals surface area contributed by atoms with Crippen molar-refractivity contribution >= 4 is 23.2 Å². The average Bonchev–Trinajstić information content (AvgIpc) is 2.73. The van der Waals surface area contributed by atoms with Gasteiger partial charge in [0.25, 0.3) is 5.91 Å². The first-order valence-electron chi connectivity index (χ1n) is 7.11. The largest absolute Gasteiger partial charge is 0.490 e. The van der Waals surface area contributed by atoms with Crippen LogP contribution in [0.3, 0.4) is 0 Å². The van der Waals surface area contributed by atoms with Crippen molar-refractivity contribution in [1.29, 1.82) is 0 Å². The quantitative estimate of drug-likeness (QED) is 0.908. The zero-order chi connectivity index (χ0) is 15.5. The van der Waals surface area contributed by atoms with Gasteiger partial charge in [0, 0.05) is 24.1 Å². The topological polar surface area (TPSA) is 47.6 Å². The van der Waals surface area contributed by atoms with Crippen molar-refractivity contribution < 1.29 is 14.3 Å². The molecule has 22 heavy (non-hydrogen) atoms. The van der Waals surface area contributed by atoms with E-state index in [1.807, 2.05) is 25.1 Å². The third-order valence-electron chi connectivity index (χ3n) is 3.48. The SMILES string of the molecule is Cc1ccccc1C(=O)Nc1cc2c(cc1Cl)OCCCO2. The van der Waals surface area contributed by atoms with E-state index in [9.17, 15) is 4.79 Å². The zero-order valence-electron chi connectivity index (χ0n) is 12.2. The third-order valence-corrected chi connectivity index (χ3v) is 3.79. The molecule has 3 rings (SSSR count). The number of ether oxygens (including phenoxy) is 2. The molecule has 1 aliphatic heterocycles. The van der Waals surface area contributed by atoms with Crippen molar-refractivity contribution in [3.8, 4) is 11.5 Å². The summed E-state index contributed by atoms with van der Waals surface area (Å²) in [7, 11) is 0. The Bertz CT molecular complexity index is 715. The van der Waals surface area contributed by atoms with Gasteiger partial charge in [-0.1, -0.05) is 29.8 Å². The van der Waals surface area contributed by atoms with E-state index in [4.69, 9.17) is 21.1 Å². The third kappa shape index (κ3) is 3.02. The van der Waals surface area contributed by atoms with E-state index in [1.165, 1.54) is 0 Å². The lowest BCUT2D eigenvalue weighted by atomic mass is 10.1. The molecule has 1 amide bonds. The van der Waals surface area contributed by atoms with Crippen molar-refractivity contribution in [1.82, 2.24) is 0 Å². The molecule has 0 unspecified atom stereocenters. The lowest BCUT2D eigenvalue weighted by molar-refractivity contribution is 0.102. The van der Waals surface area contributed by atoms with Crippen LogP contribution in [0.25, 0.3) is 0 Å². The van der Waals surface area contributed by atoms with Crippen LogP contribution in [0, 0.1) is 6.92 Å². The Morgan fingerprint density at radius 1 is 1.14 bits per heavy atom. The monoisotopic (exact) mass is 317 g/mol. The minimum absolute atomic E-state index is 0.200. The summed E-state index contributed by atoms with van der Waals surface area (Å²) in [5.74, 6) is 1.01. The van der Waals surface area contributed by atoms with E-state index in [0.29, 0.717) is 41.0 Å².